The van der Waals surface area contributed by atoms with Gasteiger partial charge in [0.1, 0.15) is 0 Å². The van der Waals surface area contributed by atoms with Gasteiger partial charge in [0.05, 0.1) is 5.60 Å². The van der Waals surface area contributed by atoms with E-state index in [1.807, 2.05) is 13.8 Å². The highest BCUT2D eigenvalue weighted by molar-refractivity contribution is 5.61. The largest absolute Gasteiger partial charge is 0.390 e. The second-order valence-electron chi connectivity index (χ2n) is 7.22. The summed E-state index contributed by atoms with van der Waals surface area (Å²) < 4.78 is 0. The molecule has 2 nitrogen and oxygen atoms in total. The van der Waals surface area contributed by atoms with Crippen molar-refractivity contribution in [3.05, 3.63) is 29.8 Å². The van der Waals surface area contributed by atoms with E-state index in [0.717, 1.165) is 19.0 Å². The topological polar surface area (TPSA) is 23.5 Å². The van der Waals surface area contributed by atoms with Crippen molar-refractivity contribution in [3.8, 4) is 0 Å². The minimum absolute atomic E-state index is 0.480. The Labute approximate surface area is 122 Å². The number of hydrogen-bond acceptors (Lipinski definition) is 2. The van der Waals surface area contributed by atoms with Crippen LogP contribution in [-0.4, -0.2) is 23.3 Å². The zero-order chi connectivity index (χ0) is 14.2. The number of nitrogens with zero attached hydrogens (tertiary/aromatic N) is 1. The lowest BCUT2D eigenvalue weighted by molar-refractivity contribution is 0.0642. The summed E-state index contributed by atoms with van der Waals surface area (Å²) in [5.41, 5.74) is 2.29. The van der Waals surface area contributed by atoms with Crippen LogP contribution in [0.3, 0.4) is 0 Å². The molecule has 3 rings (SSSR count). The second kappa shape index (κ2) is 5.40. The number of aliphatic hydroxyl groups is 1. The maximum absolute atomic E-state index is 10.2. The van der Waals surface area contributed by atoms with Crippen molar-refractivity contribution in [3.63, 3.8) is 0 Å². The molecule has 2 heteroatoms. The summed E-state index contributed by atoms with van der Waals surface area (Å²) in [6, 6.07) is 9.54. The van der Waals surface area contributed by atoms with Gasteiger partial charge in [-0.1, -0.05) is 37.5 Å². The van der Waals surface area contributed by atoms with Gasteiger partial charge in [-0.15, -0.1) is 0 Å². The van der Waals surface area contributed by atoms with Crippen LogP contribution in [0.1, 0.15) is 63.9 Å². The fourth-order valence-electron chi connectivity index (χ4n) is 4.04. The summed E-state index contributed by atoms with van der Waals surface area (Å²) in [6.07, 6.45) is 7.68. The Balaban J connectivity index is 1.84. The van der Waals surface area contributed by atoms with Crippen molar-refractivity contribution in [2.24, 2.45) is 0 Å². The molecule has 20 heavy (non-hydrogen) atoms. The fourth-order valence-corrected chi connectivity index (χ4v) is 4.04. The third-order valence-electron chi connectivity index (χ3n) is 4.86. The molecule has 1 atom stereocenters. The van der Waals surface area contributed by atoms with E-state index >= 15 is 0 Å². The SMILES string of the molecule is CC(C)(O)CC1CN(C2CCCCC2)c2ccccc21. The number of hydrogen-bond donors (Lipinski definition) is 1. The van der Waals surface area contributed by atoms with E-state index in [1.165, 1.54) is 43.4 Å². The molecular weight excluding hydrogens is 246 g/mol. The van der Waals surface area contributed by atoms with E-state index in [2.05, 4.69) is 29.2 Å². The molecule has 1 fully saturated rings. The van der Waals surface area contributed by atoms with Crippen LogP contribution in [0.5, 0.6) is 0 Å². The molecule has 0 aromatic heterocycles. The Kier molecular flexibility index (Phi) is 3.76. The summed E-state index contributed by atoms with van der Waals surface area (Å²) in [4.78, 5) is 2.63. The van der Waals surface area contributed by atoms with Gasteiger partial charge in [0.25, 0.3) is 0 Å². The van der Waals surface area contributed by atoms with Crippen LogP contribution < -0.4 is 4.90 Å². The Hall–Kier alpha value is -1.02. The van der Waals surface area contributed by atoms with Gasteiger partial charge in [-0.05, 0) is 44.7 Å². The third-order valence-corrected chi connectivity index (χ3v) is 4.86. The molecule has 1 unspecified atom stereocenters. The zero-order valence-electron chi connectivity index (χ0n) is 12.8. The van der Waals surface area contributed by atoms with Crippen molar-refractivity contribution >= 4 is 5.69 Å². The standard InChI is InChI=1S/C18H27NO/c1-18(2,20)12-14-13-19(15-8-4-3-5-9-15)17-11-7-6-10-16(14)17/h6-7,10-11,14-15,20H,3-5,8-9,12-13H2,1-2H3. The Morgan fingerprint density at radius 1 is 1.15 bits per heavy atom. The van der Waals surface area contributed by atoms with Gasteiger partial charge in [-0.3, -0.25) is 0 Å². The lowest BCUT2D eigenvalue weighted by Gasteiger charge is -2.34. The van der Waals surface area contributed by atoms with Gasteiger partial charge in [0.2, 0.25) is 0 Å². The number of benzene rings is 1. The average Bonchev–Trinajstić information content (AvgIpc) is 2.77. The molecule has 2 aliphatic rings. The summed E-state index contributed by atoms with van der Waals surface area (Å²) >= 11 is 0. The van der Waals surface area contributed by atoms with Gasteiger partial charge in [-0.25, -0.2) is 0 Å². The van der Waals surface area contributed by atoms with Crippen molar-refractivity contribution in [1.82, 2.24) is 0 Å². The first-order chi connectivity index (χ1) is 9.54. The van der Waals surface area contributed by atoms with Crippen molar-refractivity contribution in [1.29, 1.82) is 0 Å². The van der Waals surface area contributed by atoms with E-state index in [1.54, 1.807) is 0 Å². The first-order valence-electron chi connectivity index (χ1n) is 8.12. The Morgan fingerprint density at radius 3 is 2.55 bits per heavy atom. The molecule has 1 aliphatic carbocycles. The van der Waals surface area contributed by atoms with E-state index in [9.17, 15) is 5.11 Å². The van der Waals surface area contributed by atoms with Crippen molar-refractivity contribution < 1.29 is 5.11 Å². The molecule has 1 heterocycles. The first kappa shape index (κ1) is 13.9. The fraction of sp³-hybridized carbons (Fsp3) is 0.667. The molecule has 0 spiro atoms. The highest BCUT2D eigenvalue weighted by atomic mass is 16.3. The molecule has 1 aromatic carbocycles. The maximum atomic E-state index is 10.2. The normalized spacial score (nSPS) is 23.9. The average molecular weight is 273 g/mol. The van der Waals surface area contributed by atoms with Crippen LogP contribution >= 0.6 is 0 Å². The van der Waals surface area contributed by atoms with Gasteiger partial charge in [0.15, 0.2) is 0 Å². The minimum atomic E-state index is -0.583. The molecule has 1 aromatic rings. The van der Waals surface area contributed by atoms with Crippen LogP contribution in [0, 0.1) is 0 Å². The maximum Gasteiger partial charge on any atom is 0.0598 e. The van der Waals surface area contributed by atoms with Crippen molar-refractivity contribution in [2.75, 3.05) is 11.4 Å². The Bertz CT molecular complexity index is 457. The van der Waals surface area contributed by atoms with E-state index in [-0.39, 0.29) is 0 Å². The van der Waals surface area contributed by atoms with Crippen LogP contribution in [-0.2, 0) is 0 Å². The van der Waals surface area contributed by atoms with E-state index < -0.39 is 5.60 Å². The molecule has 0 amide bonds. The molecular formula is C18H27NO. The summed E-state index contributed by atoms with van der Waals surface area (Å²) in [5, 5.41) is 10.2. The summed E-state index contributed by atoms with van der Waals surface area (Å²) in [6.45, 7) is 4.95. The van der Waals surface area contributed by atoms with Gasteiger partial charge in [-0.2, -0.15) is 0 Å². The number of fused-ring (bicyclic) bond motifs is 1. The second-order valence-corrected chi connectivity index (χ2v) is 7.22. The molecule has 1 aliphatic heterocycles. The van der Waals surface area contributed by atoms with Gasteiger partial charge in [0, 0.05) is 24.2 Å². The lowest BCUT2D eigenvalue weighted by Crippen LogP contribution is -2.36. The molecule has 0 radical (unpaired) electrons. The highest BCUT2D eigenvalue weighted by Gasteiger charge is 2.35. The molecule has 0 bridgehead atoms. The predicted molar refractivity (Wildman–Crippen MR) is 84.3 cm³/mol. The first-order valence-corrected chi connectivity index (χ1v) is 8.12. The Morgan fingerprint density at radius 2 is 1.85 bits per heavy atom. The van der Waals surface area contributed by atoms with Crippen molar-refractivity contribution in [2.45, 2.75) is 69.9 Å². The smallest absolute Gasteiger partial charge is 0.0598 e. The number of anilines is 1. The molecule has 0 saturated heterocycles. The molecule has 1 saturated carbocycles. The number of rotatable bonds is 3. The van der Waals surface area contributed by atoms with Crippen LogP contribution in [0.15, 0.2) is 24.3 Å². The van der Waals surface area contributed by atoms with E-state index in [0.29, 0.717) is 5.92 Å². The number of para-hydroxylation sites is 1. The van der Waals surface area contributed by atoms with Gasteiger partial charge >= 0.3 is 0 Å². The monoisotopic (exact) mass is 273 g/mol. The van der Waals surface area contributed by atoms with Crippen LogP contribution in [0.25, 0.3) is 0 Å². The van der Waals surface area contributed by atoms with Crippen LogP contribution in [0.2, 0.25) is 0 Å². The van der Waals surface area contributed by atoms with Gasteiger partial charge < -0.3 is 10.0 Å². The summed E-state index contributed by atoms with van der Waals surface area (Å²) in [5.74, 6) is 0.480. The zero-order valence-corrected chi connectivity index (χ0v) is 12.8. The molecule has 1 N–H and O–H groups in total. The quantitative estimate of drug-likeness (QED) is 0.897. The minimum Gasteiger partial charge on any atom is -0.390 e. The van der Waals surface area contributed by atoms with Crippen LogP contribution in [0.4, 0.5) is 5.69 Å². The molecule has 110 valence electrons. The lowest BCUT2D eigenvalue weighted by atomic mass is 9.89. The van der Waals surface area contributed by atoms with E-state index in [4.69, 9.17) is 0 Å². The predicted octanol–water partition coefficient (Wildman–Crippen LogP) is 4.08. The third kappa shape index (κ3) is 2.85. The highest BCUT2D eigenvalue weighted by Crippen LogP contribution is 2.43. The summed E-state index contributed by atoms with van der Waals surface area (Å²) in [7, 11) is 0.